The van der Waals surface area contributed by atoms with Crippen LogP contribution in [0.4, 0.5) is 10.8 Å². The molecule has 2 amide bonds. The van der Waals surface area contributed by atoms with Crippen LogP contribution in [0.1, 0.15) is 6.42 Å². The Morgan fingerprint density at radius 1 is 1.41 bits per heavy atom. The van der Waals surface area contributed by atoms with Crippen LogP contribution in [0.5, 0.6) is 5.75 Å². The number of aromatic nitrogens is 2. The standard InChI is InChI=1S/C14H14N4O3S/c1-21-11-4-2-10(3-5-11)18-7-9(6-12(18)19)13(20)16-14-17-15-8-22-14/h2-5,8-9H,6-7H2,1H3,(H,16,17,20)/t9-/m1/s1. The Morgan fingerprint density at radius 2 is 2.18 bits per heavy atom. The quantitative estimate of drug-likeness (QED) is 0.924. The van der Waals surface area contributed by atoms with E-state index in [1.807, 2.05) is 12.1 Å². The lowest BCUT2D eigenvalue weighted by atomic mass is 10.1. The molecule has 0 radical (unpaired) electrons. The van der Waals surface area contributed by atoms with Crippen LogP contribution in [0.15, 0.2) is 29.8 Å². The van der Waals surface area contributed by atoms with Crippen molar-refractivity contribution in [2.24, 2.45) is 5.92 Å². The Bertz CT molecular complexity index is 672. The Balaban J connectivity index is 1.68. The summed E-state index contributed by atoms with van der Waals surface area (Å²) >= 11 is 1.25. The fourth-order valence-corrected chi connectivity index (χ4v) is 2.78. The van der Waals surface area contributed by atoms with Crippen molar-refractivity contribution in [3.05, 3.63) is 29.8 Å². The molecule has 1 aliphatic heterocycles. The molecule has 1 saturated heterocycles. The van der Waals surface area contributed by atoms with Crippen LogP contribution >= 0.6 is 11.3 Å². The van der Waals surface area contributed by atoms with Crippen LogP contribution in [0.25, 0.3) is 0 Å². The van der Waals surface area contributed by atoms with Crippen LogP contribution in [-0.2, 0) is 9.59 Å². The van der Waals surface area contributed by atoms with Crippen molar-refractivity contribution < 1.29 is 14.3 Å². The lowest BCUT2D eigenvalue weighted by Gasteiger charge is -2.16. The van der Waals surface area contributed by atoms with Gasteiger partial charge in [-0.3, -0.25) is 9.59 Å². The minimum atomic E-state index is -0.390. The van der Waals surface area contributed by atoms with Gasteiger partial charge in [0.25, 0.3) is 0 Å². The molecule has 1 aromatic carbocycles. The van der Waals surface area contributed by atoms with Crippen molar-refractivity contribution in [2.45, 2.75) is 6.42 Å². The van der Waals surface area contributed by atoms with Gasteiger partial charge in [-0.2, -0.15) is 0 Å². The van der Waals surface area contributed by atoms with Crippen molar-refractivity contribution in [2.75, 3.05) is 23.9 Å². The Labute approximate surface area is 130 Å². The van der Waals surface area contributed by atoms with Gasteiger partial charge in [-0.15, -0.1) is 10.2 Å². The maximum atomic E-state index is 12.2. The summed E-state index contributed by atoms with van der Waals surface area (Å²) in [6.45, 7) is 0.357. The van der Waals surface area contributed by atoms with Gasteiger partial charge in [-0.25, -0.2) is 0 Å². The maximum absolute atomic E-state index is 12.2. The Hall–Kier alpha value is -2.48. The molecule has 1 aromatic heterocycles. The average Bonchev–Trinajstić information content (AvgIpc) is 3.17. The maximum Gasteiger partial charge on any atom is 0.231 e. The molecular formula is C14H14N4O3S. The number of carbonyl (C=O) groups is 2. The lowest BCUT2D eigenvalue weighted by molar-refractivity contribution is -0.122. The molecule has 22 heavy (non-hydrogen) atoms. The molecule has 2 aromatic rings. The highest BCUT2D eigenvalue weighted by molar-refractivity contribution is 7.13. The minimum Gasteiger partial charge on any atom is -0.497 e. The highest BCUT2D eigenvalue weighted by Crippen LogP contribution is 2.27. The second-order valence-corrected chi connectivity index (χ2v) is 5.67. The van der Waals surface area contributed by atoms with E-state index in [-0.39, 0.29) is 18.2 Å². The van der Waals surface area contributed by atoms with Crippen molar-refractivity contribution in [1.82, 2.24) is 10.2 Å². The predicted octanol–water partition coefficient (Wildman–Crippen LogP) is 1.54. The first-order valence-corrected chi connectivity index (χ1v) is 7.57. The number of methoxy groups -OCH3 is 1. The van der Waals surface area contributed by atoms with E-state index in [0.29, 0.717) is 11.7 Å². The van der Waals surface area contributed by atoms with Crippen LogP contribution in [0.2, 0.25) is 0 Å². The number of rotatable bonds is 4. The first-order valence-electron chi connectivity index (χ1n) is 6.69. The normalized spacial score (nSPS) is 17.6. The number of nitrogens with one attached hydrogen (secondary N) is 1. The van der Waals surface area contributed by atoms with Crippen molar-refractivity contribution >= 4 is 34.0 Å². The second kappa shape index (κ2) is 6.10. The monoisotopic (exact) mass is 318 g/mol. The van der Waals surface area contributed by atoms with Crippen LogP contribution < -0.4 is 15.0 Å². The number of amides is 2. The molecule has 1 atom stereocenters. The zero-order chi connectivity index (χ0) is 15.5. The topological polar surface area (TPSA) is 84.4 Å². The molecule has 0 unspecified atom stereocenters. The first kappa shape index (κ1) is 14.5. The zero-order valence-electron chi connectivity index (χ0n) is 11.9. The van der Waals surface area contributed by atoms with Gasteiger partial charge in [0.1, 0.15) is 11.3 Å². The molecule has 2 heterocycles. The third-order valence-corrected chi connectivity index (χ3v) is 4.08. The van der Waals surface area contributed by atoms with Gasteiger partial charge in [0, 0.05) is 18.7 Å². The van der Waals surface area contributed by atoms with E-state index >= 15 is 0 Å². The summed E-state index contributed by atoms with van der Waals surface area (Å²) in [6, 6.07) is 7.19. The van der Waals surface area contributed by atoms with E-state index in [9.17, 15) is 9.59 Å². The number of hydrogen-bond acceptors (Lipinski definition) is 6. The third kappa shape index (κ3) is 2.91. The van der Waals surface area contributed by atoms with Gasteiger partial charge in [-0.05, 0) is 24.3 Å². The van der Waals surface area contributed by atoms with Crippen LogP contribution in [0.3, 0.4) is 0 Å². The summed E-state index contributed by atoms with van der Waals surface area (Å²) in [7, 11) is 1.59. The number of benzene rings is 1. The predicted molar refractivity (Wildman–Crippen MR) is 82.0 cm³/mol. The molecule has 0 saturated carbocycles. The summed E-state index contributed by atoms with van der Waals surface area (Å²) in [6.07, 6.45) is 0.191. The number of ether oxygens (including phenoxy) is 1. The molecule has 114 valence electrons. The average molecular weight is 318 g/mol. The fourth-order valence-electron chi connectivity index (χ4n) is 2.33. The highest BCUT2D eigenvalue weighted by Gasteiger charge is 2.35. The summed E-state index contributed by atoms with van der Waals surface area (Å²) in [5, 5.41) is 10.6. The molecular weight excluding hydrogens is 304 g/mol. The van der Waals surface area contributed by atoms with Crippen LogP contribution in [-0.4, -0.2) is 35.7 Å². The van der Waals surface area contributed by atoms with Gasteiger partial charge in [-0.1, -0.05) is 11.3 Å². The molecule has 0 aliphatic carbocycles. The molecule has 1 N–H and O–H groups in total. The van der Waals surface area contributed by atoms with Gasteiger partial charge >= 0.3 is 0 Å². The third-order valence-electron chi connectivity index (χ3n) is 3.47. The fraction of sp³-hybridized carbons (Fsp3) is 0.286. The largest absolute Gasteiger partial charge is 0.497 e. The van der Waals surface area contributed by atoms with E-state index in [4.69, 9.17) is 4.74 Å². The first-order chi connectivity index (χ1) is 10.7. The SMILES string of the molecule is COc1ccc(N2C[C@H](C(=O)Nc3nncs3)CC2=O)cc1. The van der Waals surface area contributed by atoms with Gasteiger partial charge < -0.3 is 15.0 Å². The molecule has 1 aliphatic rings. The lowest BCUT2D eigenvalue weighted by Crippen LogP contribution is -2.28. The van der Waals surface area contributed by atoms with E-state index in [2.05, 4.69) is 15.5 Å². The Kier molecular flexibility index (Phi) is 4.01. The summed E-state index contributed by atoms with van der Waals surface area (Å²) in [5.41, 5.74) is 2.30. The van der Waals surface area contributed by atoms with Gasteiger partial charge in [0.05, 0.1) is 13.0 Å². The molecule has 1 fully saturated rings. The number of nitrogens with zero attached hydrogens (tertiary/aromatic N) is 3. The highest BCUT2D eigenvalue weighted by atomic mass is 32.1. The van der Waals surface area contributed by atoms with E-state index in [0.717, 1.165) is 11.4 Å². The van der Waals surface area contributed by atoms with Crippen molar-refractivity contribution in [3.63, 3.8) is 0 Å². The van der Waals surface area contributed by atoms with E-state index < -0.39 is 5.92 Å². The summed E-state index contributed by atoms with van der Waals surface area (Å²) in [5.74, 6) is 0.0585. The molecule has 3 rings (SSSR count). The second-order valence-electron chi connectivity index (χ2n) is 4.84. The minimum absolute atomic E-state index is 0.0671. The number of carbonyl (C=O) groups excluding carboxylic acids is 2. The molecule has 0 bridgehead atoms. The molecule has 0 spiro atoms. The van der Waals surface area contributed by atoms with E-state index in [1.165, 1.54) is 11.3 Å². The molecule has 8 heteroatoms. The van der Waals surface area contributed by atoms with E-state index in [1.54, 1.807) is 29.7 Å². The van der Waals surface area contributed by atoms with Crippen LogP contribution in [0, 0.1) is 5.92 Å². The zero-order valence-corrected chi connectivity index (χ0v) is 12.7. The number of hydrogen-bond donors (Lipinski definition) is 1. The Morgan fingerprint density at radius 3 is 2.82 bits per heavy atom. The van der Waals surface area contributed by atoms with Gasteiger partial charge in [0.2, 0.25) is 16.9 Å². The number of anilines is 2. The summed E-state index contributed by atoms with van der Waals surface area (Å²) in [4.78, 5) is 25.9. The summed E-state index contributed by atoms with van der Waals surface area (Å²) < 4.78 is 5.10. The van der Waals surface area contributed by atoms with Crippen molar-refractivity contribution in [1.29, 1.82) is 0 Å². The molecule has 7 nitrogen and oxygen atoms in total. The van der Waals surface area contributed by atoms with Gasteiger partial charge in [0.15, 0.2) is 0 Å². The smallest absolute Gasteiger partial charge is 0.231 e. The van der Waals surface area contributed by atoms with Crippen molar-refractivity contribution in [3.8, 4) is 5.75 Å².